The quantitative estimate of drug-likeness (QED) is 0.768. The number of anilines is 1. The van der Waals surface area contributed by atoms with Gasteiger partial charge in [-0.25, -0.2) is 8.42 Å². The number of hydrogen-bond donors (Lipinski definition) is 1. The van der Waals surface area contributed by atoms with Crippen LogP contribution in [0.2, 0.25) is 0 Å². The van der Waals surface area contributed by atoms with Gasteiger partial charge in [0, 0.05) is 19.0 Å². The molecule has 0 atom stereocenters. The van der Waals surface area contributed by atoms with Gasteiger partial charge in [-0.1, -0.05) is 6.92 Å². The highest BCUT2D eigenvalue weighted by atomic mass is 32.2. The van der Waals surface area contributed by atoms with Crippen molar-refractivity contribution in [3.8, 4) is 11.5 Å². The van der Waals surface area contributed by atoms with Crippen LogP contribution in [-0.2, 0) is 14.8 Å². The Hall–Kier alpha value is -1.96. The highest BCUT2D eigenvalue weighted by Gasteiger charge is 2.19. The Morgan fingerprint density at radius 3 is 2.36 bits per heavy atom. The fourth-order valence-corrected chi connectivity index (χ4v) is 2.81. The third kappa shape index (κ3) is 4.80. The first kappa shape index (κ1) is 18.1. The minimum Gasteiger partial charge on any atom is -0.493 e. The first-order valence-corrected chi connectivity index (χ1v) is 8.64. The van der Waals surface area contributed by atoms with Crippen molar-refractivity contribution in [3.63, 3.8) is 0 Å². The molecule has 0 saturated carbocycles. The van der Waals surface area contributed by atoms with E-state index in [1.54, 1.807) is 25.1 Å². The Balaban J connectivity index is 3.00. The average molecular weight is 330 g/mol. The average Bonchev–Trinajstić information content (AvgIpc) is 2.49. The molecule has 0 aliphatic heterocycles. The topological polar surface area (TPSA) is 84.9 Å². The molecule has 124 valence electrons. The maximum atomic E-state index is 12.0. The standard InChI is InChI=1S/C14H22N2O5S/c1-5-14(17)15-8-9-16(22(4,18)19)11-6-7-12(20-2)13(10-11)21-3/h6-7,10H,5,8-9H2,1-4H3,(H,15,17). The minimum absolute atomic E-state index is 0.124. The van der Waals surface area contributed by atoms with Crippen LogP contribution in [0.15, 0.2) is 18.2 Å². The maximum absolute atomic E-state index is 12.0. The van der Waals surface area contributed by atoms with Crippen molar-refractivity contribution in [2.75, 3.05) is 37.9 Å². The molecule has 1 aromatic rings. The molecule has 0 aliphatic rings. The lowest BCUT2D eigenvalue weighted by atomic mass is 10.2. The summed E-state index contributed by atoms with van der Waals surface area (Å²) in [5.74, 6) is 0.825. The van der Waals surface area contributed by atoms with E-state index < -0.39 is 10.0 Å². The summed E-state index contributed by atoms with van der Waals surface area (Å²) in [6, 6.07) is 4.85. The number of methoxy groups -OCH3 is 2. The van der Waals surface area contributed by atoms with Crippen LogP contribution < -0.4 is 19.1 Å². The molecule has 0 radical (unpaired) electrons. The van der Waals surface area contributed by atoms with Crippen LogP contribution >= 0.6 is 0 Å². The monoisotopic (exact) mass is 330 g/mol. The number of nitrogens with one attached hydrogen (secondary N) is 1. The van der Waals surface area contributed by atoms with E-state index in [0.29, 0.717) is 23.6 Å². The SMILES string of the molecule is CCC(=O)NCCN(c1ccc(OC)c(OC)c1)S(C)(=O)=O. The van der Waals surface area contributed by atoms with Crippen LogP contribution in [0.5, 0.6) is 11.5 Å². The fourth-order valence-electron chi connectivity index (χ4n) is 1.89. The lowest BCUT2D eigenvalue weighted by Crippen LogP contribution is -2.38. The molecule has 1 amide bonds. The molecule has 0 aromatic heterocycles. The lowest BCUT2D eigenvalue weighted by molar-refractivity contribution is -0.120. The summed E-state index contributed by atoms with van der Waals surface area (Å²) in [6.45, 7) is 2.10. The van der Waals surface area contributed by atoms with Gasteiger partial charge >= 0.3 is 0 Å². The third-order valence-corrected chi connectivity index (χ3v) is 4.21. The molecule has 0 spiro atoms. The van der Waals surface area contributed by atoms with E-state index in [1.807, 2.05) is 0 Å². The van der Waals surface area contributed by atoms with Crippen molar-refractivity contribution in [3.05, 3.63) is 18.2 Å². The van der Waals surface area contributed by atoms with Crippen molar-refractivity contribution in [2.45, 2.75) is 13.3 Å². The molecule has 0 aliphatic carbocycles. The second-order valence-electron chi connectivity index (χ2n) is 4.58. The van der Waals surface area contributed by atoms with E-state index in [2.05, 4.69) is 5.32 Å². The Morgan fingerprint density at radius 2 is 1.86 bits per heavy atom. The molecule has 1 aromatic carbocycles. The predicted molar refractivity (Wildman–Crippen MR) is 85.0 cm³/mol. The van der Waals surface area contributed by atoms with Crippen LogP contribution in [0.3, 0.4) is 0 Å². The van der Waals surface area contributed by atoms with Gasteiger partial charge in [-0.05, 0) is 12.1 Å². The highest BCUT2D eigenvalue weighted by molar-refractivity contribution is 7.92. The van der Waals surface area contributed by atoms with Gasteiger partial charge in [-0.3, -0.25) is 9.10 Å². The van der Waals surface area contributed by atoms with Gasteiger partial charge in [0.2, 0.25) is 15.9 Å². The van der Waals surface area contributed by atoms with E-state index in [0.717, 1.165) is 6.26 Å². The molecule has 22 heavy (non-hydrogen) atoms. The van der Waals surface area contributed by atoms with Gasteiger partial charge in [-0.15, -0.1) is 0 Å². The summed E-state index contributed by atoms with van der Waals surface area (Å²) < 4.78 is 35.5. The van der Waals surface area contributed by atoms with Gasteiger partial charge < -0.3 is 14.8 Å². The highest BCUT2D eigenvalue weighted by Crippen LogP contribution is 2.32. The number of amides is 1. The molecule has 0 bridgehead atoms. The minimum atomic E-state index is -3.48. The van der Waals surface area contributed by atoms with E-state index in [1.165, 1.54) is 18.5 Å². The van der Waals surface area contributed by atoms with E-state index in [9.17, 15) is 13.2 Å². The van der Waals surface area contributed by atoms with Crippen LogP contribution in [0, 0.1) is 0 Å². The molecular formula is C14H22N2O5S. The van der Waals surface area contributed by atoms with E-state index in [4.69, 9.17) is 9.47 Å². The van der Waals surface area contributed by atoms with E-state index in [-0.39, 0.29) is 19.0 Å². The van der Waals surface area contributed by atoms with Crippen molar-refractivity contribution >= 4 is 21.6 Å². The van der Waals surface area contributed by atoms with Gasteiger partial charge in [0.05, 0.1) is 32.7 Å². The zero-order chi connectivity index (χ0) is 16.8. The zero-order valence-electron chi connectivity index (χ0n) is 13.3. The fraction of sp³-hybridized carbons (Fsp3) is 0.500. The van der Waals surface area contributed by atoms with Crippen molar-refractivity contribution in [1.82, 2.24) is 5.32 Å². The number of sulfonamides is 1. The normalized spacial score (nSPS) is 10.9. The summed E-state index contributed by atoms with van der Waals surface area (Å²) in [6.07, 6.45) is 1.47. The molecule has 0 fully saturated rings. The zero-order valence-corrected chi connectivity index (χ0v) is 14.1. The first-order valence-electron chi connectivity index (χ1n) is 6.80. The van der Waals surface area contributed by atoms with Gasteiger partial charge in [0.15, 0.2) is 11.5 Å². The van der Waals surface area contributed by atoms with E-state index >= 15 is 0 Å². The summed E-state index contributed by atoms with van der Waals surface area (Å²) in [5.41, 5.74) is 0.450. The Bertz CT molecular complexity index is 616. The third-order valence-electron chi connectivity index (χ3n) is 3.01. The van der Waals surface area contributed by atoms with Crippen LogP contribution in [0.4, 0.5) is 5.69 Å². The number of nitrogens with zero attached hydrogens (tertiary/aromatic N) is 1. The smallest absolute Gasteiger partial charge is 0.232 e. The molecule has 1 N–H and O–H groups in total. The van der Waals surface area contributed by atoms with Crippen molar-refractivity contribution in [2.24, 2.45) is 0 Å². The Kier molecular flexibility index (Phi) is 6.48. The second kappa shape index (κ2) is 7.88. The molecule has 7 nitrogen and oxygen atoms in total. The van der Waals surface area contributed by atoms with Gasteiger partial charge in [-0.2, -0.15) is 0 Å². The molecular weight excluding hydrogens is 308 g/mol. The number of carbonyl (C=O) groups excluding carboxylic acids is 1. The van der Waals surface area contributed by atoms with Crippen LogP contribution in [0.1, 0.15) is 13.3 Å². The van der Waals surface area contributed by atoms with Crippen molar-refractivity contribution in [1.29, 1.82) is 0 Å². The number of hydrogen-bond acceptors (Lipinski definition) is 5. The first-order chi connectivity index (χ1) is 10.3. The summed E-state index contributed by atoms with van der Waals surface area (Å²) in [4.78, 5) is 11.2. The molecule has 0 saturated heterocycles. The van der Waals surface area contributed by atoms with Gasteiger partial charge in [0.25, 0.3) is 0 Å². The number of rotatable bonds is 8. The maximum Gasteiger partial charge on any atom is 0.232 e. The second-order valence-corrected chi connectivity index (χ2v) is 6.48. The number of benzene rings is 1. The van der Waals surface area contributed by atoms with Crippen LogP contribution in [-0.4, -0.2) is 47.9 Å². The Labute approximate surface area is 131 Å². The largest absolute Gasteiger partial charge is 0.493 e. The predicted octanol–water partition coefficient (Wildman–Crippen LogP) is 0.996. The van der Waals surface area contributed by atoms with Gasteiger partial charge in [0.1, 0.15) is 0 Å². The lowest BCUT2D eigenvalue weighted by Gasteiger charge is -2.23. The number of ether oxygens (including phenoxy) is 2. The molecule has 0 unspecified atom stereocenters. The summed E-state index contributed by atoms with van der Waals surface area (Å²) in [5, 5.41) is 2.65. The van der Waals surface area contributed by atoms with Crippen molar-refractivity contribution < 1.29 is 22.7 Å². The molecule has 0 heterocycles. The Morgan fingerprint density at radius 1 is 1.23 bits per heavy atom. The summed E-state index contributed by atoms with van der Waals surface area (Å²) in [7, 11) is -0.495. The van der Waals surface area contributed by atoms with Crippen LogP contribution in [0.25, 0.3) is 0 Å². The molecule has 1 rings (SSSR count). The molecule has 8 heteroatoms. The summed E-state index contributed by atoms with van der Waals surface area (Å²) >= 11 is 0. The number of carbonyl (C=O) groups is 1.